The molecule has 4 nitrogen and oxygen atoms in total. The summed E-state index contributed by atoms with van der Waals surface area (Å²) in [7, 11) is -3.57. The van der Waals surface area contributed by atoms with Crippen LogP contribution in [0, 0.1) is 0 Å². The molecule has 0 radical (unpaired) electrons. The third-order valence-corrected chi connectivity index (χ3v) is 7.66. The van der Waals surface area contributed by atoms with Crippen LogP contribution < -0.4 is 0 Å². The van der Waals surface area contributed by atoms with E-state index in [2.05, 4.69) is 20.9 Å². The van der Waals surface area contributed by atoms with Gasteiger partial charge < -0.3 is 0 Å². The predicted octanol–water partition coefficient (Wildman–Crippen LogP) is 4.71. The zero-order valence-electron chi connectivity index (χ0n) is 13.2. The van der Waals surface area contributed by atoms with Crippen molar-refractivity contribution in [1.82, 2.24) is 9.29 Å². The molecule has 1 atom stereocenters. The van der Waals surface area contributed by atoms with Crippen LogP contribution in [0.15, 0.2) is 69.5 Å². The van der Waals surface area contributed by atoms with Gasteiger partial charge in [0.05, 0.1) is 6.04 Å². The van der Waals surface area contributed by atoms with Crippen molar-refractivity contribution in [3.05, 3.63) is 70.0 Å². The predicted molar refractivity (Wildman–Crippen MR) is 103 cm³/mol. The van der Waals surface area contributed by atoms with Gasteiger partial charge in [-0.3, -0.25) is 0 Å². The zero-order chi connectivity index (χ0) is 17.4. The second kappa shape index (κ2) is 6.64. The second-order valence-electron chi connectivity index (χ2n) is 5.83. The Morgan fingerprint density at radius 3 is 2.44 bits per heavy atom. The molecule has 0 saturated carbocycles. The van der Waals surface area contributed by atoms with E-state index in [0.29, 0.717) is 11.6 Å². The Morgan fingerprint density at radius 2 is 1.80 bits per heavy atom. The fraction of sp³-hybridized carbons (Fsp3) is 0.167. The number of nitrogens with zero attached hydrogens (tertiary/aromatic N) is 2. The minimum absolute atomic E-state index is 0.0935. The van der Waals surface area contributed by atoms with Crippen molar-refractivity contribution in [1.29, 1.82) is 0 Å². The third kappa shape index (κ3) is 3.17. The van der Waals surface area contributed by atoms with Crippen molar-refractivity contribution in [2.75, 3.05) is 6.54 Å². The molecule has 1 aliphatic rings. The summed E-state index contributed by atoms with van der Waals surface area (Å²) < 4.78 is 28.4. The van der Waals surface area contributed by atoms with Crippen molar-refractivity contribution in [3.8, 4) is 10.6 Å². The fourth-order valence-electron chi connectivity index (χ4n) is 2.88. The molecule has 7 heteroatoms. The molecule has 0 N–H and O–H groups in total. The van der Waals surface area contributed by atoms with Gasteiger partial charge in [0, 0.05) is 22.0 Å². The van der Waals surface area contributed by atoms with Crippen LogP contribution >= 0.6 is 27.3 Å². The lowest BCUT2D eigenvalue weighted by Crippen LogP contribution is -2.45. The molecule has 128 valence electrons. The monoisotopic (exact) mass is 434 g/mol. The van der Waals surface area contributed by atoms with Gasteiger partial charge in [-0.15, -0.1) is 11.3 Å². The van der Waals surface area contributed by atoms with Gasteiger partial charge in [0.1, 0.15) is 5.01 Å². The standard InChI is InChI=1S/C18H15BrN2O2S2/c19-15-8-6-14(7-9-15)18-20-17(12-24-18)25(22,23)21-11-10-16(21)13-4-2-1-3-5-13/h1-9,12,16H,10-11H2. The average molecular weight is 435 g/mol. The van der Waals surface area contributed by atoms with Crippen LogP contribution in [0.2, 0.25) is 0 Å². The Labute approximate surface area is 159 Å². The first-order valence-electron chi connectivity index (χ1n) is 7.84. The number of hydrogen-bond donors (Lipinski definition) is 0. The Balaban J connectivity index is 1.62. The first-order valence-corrected chi connectivity index (χ1v) is 11.0. The van der Waals surface area contributed by atoms with E-state index in [4.69, 9.17) is 0 Å². The number of aromatic nitrogens is 1. The van der Waals surface area contributed by atoms with Crippen molar-refractivity contribution in [2.24, 2.45) is 0 Å². The molecule has 0 bridgehead atoms. The van der Waals surface area contributed by atoms with Gasteiger partial charge in [-0.2, -0.15) is 4.31 Å². The maximum atomic E-state index is 13.0. The Bertz CT molecular complexity index is 985. The zero-order valence-corrected chi connectivity index (χ0v) is 16.4. The van der Waals surface area contributed by atoms with Gasteiger partial charge in [0.2, 0.25) is 0 Å². The molecule has 1 unspecified atom stereocenters. The molecule has 2 aromatic carbocycles. The highest BCUT2D eigenvalue weighted by molar-refractivity contribution is 9.10. The van der Waals surface area contributed by atoms with Crippen LogP contribution in [0.25, 0.3) is 10.6 Å². The molecule has 0 spiro atoms. The lowest BCUT2D eigenvalue weighted by atomic mass is 9.98. The molecule has 1 aliphatic heterocycles. The number of halogens is 1. The van der Waals surface area contributed by atoms with E-state index in [1.165, 1.54) is 11.3 Å². The molecule has 1 aromatic heterocycles. The molecule has 4 rings (SSSR count). The number of rotatable bonds is 4. The molecule has 25 heavy (non-hydrogen) atoms. The first kappa shape index (κ1) is 16.9. The van der Waals surface area contributed by atoms with Crippen LogP contribution in [0.3, 0.4) is 0 Å². The minimum atomic E-state index is -3.57. The average Bonchev–Trinajstić information content (AvgIpc) is 3.06. The summed E-state index contributed by atoms with van der Waals surface area (Å²) in [5.74, 6) is 0. The fourth-order valence-corrected chi connectivity index (χ4v) is 5.88. The normalized spacial score (nSPS) is 18.0. The summed E-state index contributed by atoms with van der Waals surface area (Å²) in [6.07, 6.45) is 0.840. The van der Waals surface area contributed by atoms with Crippen molar-refractivity contribution in [2.45, 2.75) is 17.5 Å². The van der Waals surface area contributed by atoms with E-state index in [0.717, 1.165) is 22.0 Å². The molecule has 1 saturated heterocycles. The molecule has 3 aromatic rings. The number of hydrogen-bond acceptors (Lipinski definition) is 4. The summed E-state index contributed by atoms with van der Waals surface area (Å²) >= 11 is 4.75. The second-order valence-corrected chi connectivity index (χ2v) is 9.44. The lowest BCUT2D eigenvalue weighted by Gasteiger charge is -2.39. The molecule has 1 fully saturated rings. The molecule has 0 amide bonds. The van der Waals surface area contributed by atoms with Gasteiger partial charge in [-0.05, 0) is 24.1 Å². The number of benzene rings is 2. The maximum Gasteiger partial charge on any atom is 0.261 e. The summed E-state index contributed by atoms with van der Waals surface area (Å²) in [5.41, 5.74) is 1.94. The molecular formula is C18H15BrN2O2S2. The highest BCUT2D eigenvalue weighted by Gasteiger charge is 2.40. The van der Waals surface area contributed by atoms with E-state index >= 15 is 0 Å². The third-order valence-electron chi connectivity index (χ3n) is 4.30. The van der Waals surface area contributed by atoms with Gasteiger partial charge in [-0.25, -0.2) is 13.4 Å². The largest absolute Gasteiger partial charge is 0.261 e. The Hall–Kier alpha value is -1.54. The topological polar surface area (TPSA) is 50.3 Å². The van der Waals surface area contributed by atoms with Gasteiger partial charge in [-0.1, -0.05) is 58.4 Å². The molecular weight excluding hydrogens is 420 g/mol. The Kier molecular flexibility index (Phi) is 4.49. The van der Waals surface area contributed by atoms with Crippen LogP contribution in [0.1, 0.15) is 18.0 Å². The van der Waals surface area contributed by atoms with Crippen LogP contribution in [0.4, 0.5) is 0 Å². The quantitative estimate of drug-likeness (QED) is 0.597. The van der Waals surface area contributed by atoms with Gasteiger partial charge in [0.15, 0.2) is 5.03 Å². The smallest absolute Gasteiger partial charge is 0.223 e. The van der Waals surface area contributed by atoms with Crippen molar-refractivity contribution in [3.63, 3.8) is 0 Å². The molecule has 2 heterocycles. The lowest BCUT2D eigenvalue weighted by molar-refractivity contribution is 0.201. The number of sulfonamides is 1. The minimum Gasteiger partial charge on any atom is -0.223 e. The summed E-state index contributed by atoms with van der Waals surface area (Å²) in [6, 6.07) is 17.4. The van der Waals surface area contributed by atoms with Gasteiger partial charge >= 0.3 is 0 Å². The molecule has 0 aliphatic carbocycles. The van der Waals surface area contributed by atoms with Crippen LogP contribution in [-0.4, -0.2) is 24.3 Å². The number of thiazole rings is 1. The summed E-state index contributed by atoms with van der Waals surface area (Å²) in [5, 5.41) is 2.48. The summed E-state index contributed by atoms with van der Waals surface area (Å²) in [4.78, 5) is 4.39. The van der Waals surface area contributed by atoms with E-state index < -0.39 is 10.0 Å². The summed E-state index contributed by atoms with van der Waals surface area (Å²) in [6.45, 7) is 0.535. The van der Waals surface area contributed by atoms with E-state index in [9.17, 15) is 8.42 Å². The van der Waals surface area contributed by atoms with E-state index in [-0.39, 0.29) is 11.1 Å². The van der Waals surface area contributed by atoms with Crippen molar-refractivity contribution >= 4 is 37.3 Å². The van der Waals surface area contributed by atoms with Crippen LogP contribution in [-0.2, 0) is 10.0 Å². The highest BCUT2D eigenvalue weighted by atomic mass is 79.9. The van der Waals surface area contributed by atoms with Crippen LogP contribution in [0.5, 0.6) is 0 Å². The SMILES string of the molecule is O=S(=O)(c1csc(-c2ccc(Br)cc2)n1)N1CCC1c1ccccc1. The van der Waals surface area contributed by atoms with E-state index in [1.54, 1.807) is 9.69 Å². The highest BCUT2D eigenvalue weighted by Crippen LogP contribution is 2.38. The maximum absolute atomic E-state index is 13.0. The van der Waals surface area contributed by atoms with Gasteiger partial charge in [0.25, 0.3) is 10.0 Å². The Morgan fingerprint density at radius 1 is 1.08 bits per heavy atom. The first-order chi connectivity index (χ1) is 12.1. The van der Waals surface area contributed by atoms with Crippen molar-refractivity contribution < 1.29 is 8.42 Å². The van der Waals surface area contributed by atoms with E-state index in [1.807, 2.05) is 54.6 Å².